The lowest BCUT2D eigenvalue weighted by molar-refractivity contribution is 0.376. The molecule has 1 aromatic heterocycles. The van der Waals surface area contributed by atoms with Gasteiger partial charge in [-0.25, -0.2) is 17.2 Å². The van der Waals surface area contributed by atoms with Gasteiger partial charge in [-0.3, -0.25) is 0 Å². The summed E-state index contributed by atoms with van der Waals surface area (Å²) in [6.07, 6.45) is 0. The lowest BCUT2D eigenvalue weighted by atomic mass is 10.2. The van der Waals surface area contributed by atoms with Crippen molar-refractivity contribution in [3.05, 3.63) is 60.2 Å². The van der Waals surface area contributed by atoms with Crippen molar-refractivity contribution in [1.82, 2.24) is 14.4 Å². The fourth-order valence-electron chi connectivity index (χ4n) is 2.96. The summed E-state index contributed by atoms with van der Waals surface area (Å²) in [6, 6.07) is 11.9. The number of rotatable bonds is 4. The number of benzene rings is 2. The Morgan fingerprint density at radius 3 is 2.32 bits per heavy atom. The molecule has 0 bridgehead atoms. The molecule has 0 atom stereocenters. The van der Waals surface area contributed by atoms with E-state index in [1.165, 1.54) is 4.31 Å². The number of halogens is 2. The molecule has 0 radical (unpaired) electrons. The number of hydrogen-bond acceptors (Lipinski definition) is 6. The second-order valence-corrected chi connectivity index (χ2v) is 8.17. The molecule has 0 aliphatic carbocycles. The van der Waals surface area contributed by atoms with E-state index in [0.29, 0.717) is 31.0 Å². The first-order valence-electron chi connectivity index (χ1n) is 8.54. The minimum Gasteiger partial charge on any atom is -0.336 e. The van der Waals surface area contributed by atoms with Crippen molar-refractivity contribution >= 4 is 16.0 Å². The van der Waals surface area contributed by atoms with Crippen molar-refractivity contribution in [3.8, 4) is 11.5 Å². The van der Waals surface area contributed by atoms with Crippen LogP contribution in [-0.2, 0) is 10.0 Å². The van der Waals surface area contributed by atoms with Crippen LogP contribution in [0.3, 0.4) is 0 Å². The van der Waals surface area contributed by atoms with Gasteiger partial charge in [0.1, 0.15) is 0 Å². The topological polar surface area (TPSA) is 79.5 Å². The van der Waals surface area contributed by atoms with Crippen LogP contribution in [0.2, 0.25) is 0 Å². The number of aromatic nitrogens is 2. The molecular weight excluding hydrogens is 390 g/mol. The van der Waals surface area contributed by atoms with Gasteiger partial charge in [-0.15, -0.1) is 0 Å². The summed E-state index contributed by atoms with van der Waals surface area (Å²) >= 11 is 0. The molecule has 7 nitrogen and oxygen atoms in total. The van der Waals surface area contributed by atoms with E-state index in [-0.39, 0.29) is 18.0 Å². The molecule has 0 amide bonds. The summed E-state index contributed by atoms with van der Waals surface area (Å²) in [5.41, 5.74) is 0.792. The first-order chi connectivity index (χ1) is 13.4. The molecule has 0 unspecified atom stereocenters. The zero-order valence-corrected chi connectivity index (χ0v) is 15.4. The van der Waals surface area contributed by atoms with Crippen molar-refractivity contribution in [2.24, 2.45) is 0 Å². The maximum Gasteiger partial charge on any atom is 0.266 e. The fraction of sp³-hybridized carbons (Fsp3) is 0.222. The third kappa shape index (κ3) is 3.48. The van der Waals surface area contributed by atoms with Crippen molar-refractivity contribution in [2.45, 2.75) is 4.90 Å². The third-order valence-electron chi connectivity index (χ3n) is 4.49. The number of anilines is 1. The summed E-state index contributed by atoms with van der Waals surface area (Å²) in [5.74, 6) is -1.52. The maximum absolute atomic E-state index is 13.4. The largest absolute Gasteiger partial charge is 0.336 e. The zero-order chi connectivity index (χ0) is 19.7. The van der Waals surface area contributed by atoms with Gasteiger partial charge in [-0.2, -0.15) is 9.29 Å². The molecule has 4 rings (SSSR count). The lowest BCUT2D eigenvalue weighted by Gasteiger charge is -2.33. The van der Waals surface area contributed by atoms with E-state index >= 15 is 0 Å². The van der Waals surface area contributed by atoms with Gasteiger partial charge in [-0.1, -0.05) is 18.2 Å². The van der Waals surface area contributed by atoms with E-state index in [1.54, 1.807) is 0 Å². The average molecular weight is 406 g/mol. The average Bonchev–Trinajstić information content (AvgIpc) is 3.21. The Hall–Kier alpha value is -2.85. The van der Waals surface area contributed by atoms with Crippen LogP contribution in [-0.4, -0.2) is 49.0 Å². The molecule has 0 spiro atoms. The molecule has 10 heteroatoms. The molecule has 146 valence electrons. The van der Waals surface area contributed by atoms with Crippen LogP contribution in [0, 0.1) is 11.6 Å². The Morgan fingerprint density at radius 1 is 0.929 bits per heavy atom. The van der Waals surface area contributed by atoms with Crippen LogP contribution < -0.4 is 4.90 Å². The number of piperazine rings is 1. The standard InChI is InChI=1S/C18H16F2N4O3S/c19-15-7-6-14(12-16(15)20)28(25,26)24-10-8-23(9-11-24)18-21-17(27-22-18)13-4-2-1-3-5-13/h1-7,12H,8-11H2. The minimum absolute atomic E-state index is 0.163. The smallest absolute Gasteiger partial charge is 0.266 e. The number of nitrogens with zero attached hydrogens (tertiary/aromatic N) is 4. The monoisotopic (exact) mass is 406 g/mol. The molecular formula is C18H16F2N4O3S. The highest BCUT2D eigenvalue weighted by Gasteiger charge is 2.30. The molecule has 1 aliphatic rings. The summed E-state index contributed by atoms with van der Waals surface area (Å²) in [7, 11) is -3.91. The summed E-state index contributed by atoms with van der Waals surface area (Å²) < 4.78 is 58.3. The predicted octanol–water partition coefficient (Wildman–Crippen LogP) is 2.53. The van der Waals surface area contributed by atoms with Crippen molar-refractivity contribution < 1.29 is 21.7 Å². The van der Waals surface area contributed by atoms with Crippen molar-refractivity contribution in [3.63, 3.8) is 0 Å². The molecule has 1 fully saturated rings. The van der Waals surface area contributed by atoms with E-state index in [0.717, 1.165) is 17.7 Å². The van der Waals surface area contributed by atoms with E-state index in [4.69, 9.17) is 4.52 Å². The van der Waals surface area contributed by atoms with Crippen LogP contribution in [0.4, 0.5) is 14.7 Å². The van der Waals surface area contributed by atoms with Gasteiger partial charge in [0.25, 0.3) is 11.8 Å². The first kappa shape index (κ1) is 18.5. The van der Waals surface area contributed by atoms with E-state index < -0.39 is 21.7 Å². The SMILES string of the molecule is O=S(=O)(c1ccc(F)c(F)c1)N1CCN(c2noc(-c3ccccc3)n2)CC1. The Bertz CT molecular complexity index is 1080. The number of sulfonamides is 1. The summed E-state index contributed by atoms with van der Waals surface area (Å²) in [5, 5.41) is 3.96. The van der Waals surface area contributed by atoms with Gasteiger partial charge in [0.15, 0.2) is 11.6 Å². The number of hydrogen-bond donors (Lipinski definition) is 0. The van der Waals surface area contributed by atoms with E-state index in [9.17, 15) is 17.2 Å². The Balaban J connectivity index is 1.46. The van der Waals surface area contributed by atoms with Crippen LogP contribution in [0.25, 0.3) is 11.5 Å². The predicted molar refractivity (Wildman–Crippen MR) is 97.1 cm³/mol. The Morgan fingerprint density at radius 2 is 1.64 bits per heavy atom. The van der Waals surface area contributed by atoms with Gasteiger partial charge in [0.05, 0.1) is 4.90 Å². The zero-order valence-electron chi connectivity index (χ0n) is 14.6. The van der Waals surface area contributed by atoms with Crippen LogP contribution in [0.1, 0.15) is 0 Å². The quantitative estimate of drug-likeness (QED) is 0.663. The fourth-order valence-corrected chi connectivity index (χ4v) is 4.39. The van der Waals surface area contributed by atoms with Gasteiger partial charge in [0, 0.05) is 31.7 Å². The highest BCUT2D eigenvalue weighted by Crippen LogP contribution is 2.23. The van der Waals surface area contributed by atoms with Crippen LogP contribution >= 0.6 is 0 Å². The molecule has 28 heavy (non-hydrogen) atoms. The van der Waals surface area contributed by atoms with Crippen molar-refractivity contribution in [1.29, 1.82) is 0 Å². The molecule has 2 heterocycles. The van der Waals surface area contributed by atoms with Gasteiger partial charge in [-0.05, 0) is 35.5 Å². The van der Waals surface area contributed by atoms with E-state index in [1.807, 2.05) is 35.2 Å². The highest BCUT2D eigenvalue weighted by molar-refractivity contribution is 7.89. The second kappa shape index (κ2) is 7.28. The highest BCUT2D eigenvalue weighted by atomic mass is 32.2. The van der Waals surface area contributed by atoms with Crippen LogP contribution in [0.15, 0.2) is 57.9 Å². The second-order valence-electron chi connectivity index (χ2n) is 6.23. The Kier molecular flexibility index (Phi) is 4.82. The summed E-state index contributed by atoms with van der Waals surface area (Å²) in [6.45, 7) is 1.01. The minimum atomic E-state index is -3.91. The van der Waals surface area contributed by atoms with Crippen LogP contribution in [0.5, 0.6) is 0 Å². The molecule has 1 aliphatic heterocycles. The molecule has 3 aromatic rings. The normalized spacial score (nSPS) is 15.7. The van der Waals surface area contributed by atoms with Gasteiger partial charge >= 0.3 is 0 Å². The molecule has 0 saturated carbocycles. The lowest BCUT2D eigenvalue weighted by Crippen LogP contribution is -2.49. The molecule has 0 N–H and O–H groups in total. The van der Waals surface area contributed by atoms with Crippen molar-refractivity contribution in [2.75, 3.05) is 31.1 Å². The van der Waals surface area contributed by atoms with Gasteiger partial charge < -0.3 is 9.42 Å². The maximum atomic E-state index is 13.4. The summed E-state index contributed by atoms with van der Waals surface area (Å²) in [4.78, 5) is 5.90. The molecule has 1 saturated heterocycles. The third-order valence-corrected chi connectivity index (χ3v) is 6.38. The van der Waals surface area contributed by atoms with Gasteiger partial charge in [0.2, 0.25) is 10.0 Å². The first-order valence-corrected chi connectivity index (χ1v) is 9.98. The Labute approximate surface area is 160 Å². The molecule has 2 aromatic carbocycles. The van der Waals surface area contributed by atoms with E-state index in [2.05, 4.69) is 10.1 Å².